The normalized spacial score (nSPS) is 10.1. The monoisotopic (exact) mass is 203 g/mol. The summed E-state index contributed by atoms with van der Waals surface area (Å²) in [5, 5.41) is 12.2. The highest BCUT2D eigenvalue weighted by Gasteiger charge is 2.08. The Morgan fingerprint density at radius 3 is 2.60 bits per heavy atom. The highest BCUT2D eigenvalue weighted by molar-refractivity contribution is 5.52. The zero-order valence-corrected chi connectivity index (χ0v) is 9.54. The molecule has 0 radical (unpaired) electrons. The fourth-order valence-electron chi connectivity index (χ4n) is 1.44. The van der Waals surface area contributed by atoms with Crippen LogP contribution in [0.15, 0.2) is 12.1 Å². The molecule has 0 atom stereocenters. The number of nitrogens with zero attached hydrogens (tertiary/aromatic N) is 2. The van der Waals surface area contributed by atoms with Gasteiger partial charge in [0.25, 0.3) is 0 Å². The van der Waals surface area contributed by atoms with Crippen molar-refractivity contribution in [2.75, 3.05) is 5.32 Å². The molecule has 15 heavy (non-hydrogen) atoms. The van der Waals surface area contributed by atoms with Crippen LogP contribution in [0, 0.1) is 18.3 Å². The van der Waals surface area contributed by atoms with E-state index in [2.05, 4.69) is 30.2 Å². The van der Waals surface area contributed by atoms with Crippen LogP contribution in [-0.2, 0) is 0 Å². The van der Waals surface area contributed by atoms with Gasteiger partial charge in [0, 0.05) is 11.7 Å². The molecule has 0 fully saturated rings. The smallest absolute Gasteiger partial charge is 0.144 e. The zero-order valence-electron chi connectivity index (χ0n) is 9.54. The van der Waals surface area contributed by atoms with Gasteiger partial charge in [0.2, 0.25) is 0 Å². The van der Waals surface area contributed by atoms with E-state index in [0.29, 0.717) is 17.4 Å². The molecule has 1 rings (SSSR count). The first-order chi connectivity index (χ1) is 7.21. The largest absolute Gasteiger partial charge is 0.366 e. The van der Waals surface area contributed by atoms with Crippen LogP contribution < -0.4 is 5.32 Å². The van der Waals surface area contributed by atoms with Crippen molar-refractivity contribution < 1.29 is 0 Å². The summed E-state index contributed by atoms with van der Waals surface area (Å²) in [7, 11) is 0. The van der Waals surface area contributed by atoms with Crippen molar-refractivity contribution in [3.8, 4) is 6.07 Å². The molecule has 1 heterocycles. The Morgan fingerprint density at radius 1 is 1.40 bits per heavy atom. The molecule has 0 aliphatic rings. The minimum Gasteiger partial charge on any atom is -0.366 e. The molecule has 0 aliphatic carbocycles. The van der Waals surface area contributed by atoms with Crippen LogP contribution in [0.25, 0.3) is 0 Å². The molecular weight excluding hydrogens is 186 g/mol. The number of pyridine rings is 1. The molecule has 0 aromatic carbocycles. The SMILES string of the molecule is CCC(CC)Nc1nc(C)ccc1C#N. The summed E-state index contributed by atoms with van der Waals surface area (Å²) in [5.41, 5.74) is 1.55. The van der Waals surface area contributed by atoms with Crippen LogP contribution in [0.5, 0.6) is 0 Å². The fourth-order valence-corrected chi connectivity index (χ4v) is 1.44. The Labute approximate surface area is 91.1 Å². The third kappa shape index (κ3) is 2.95. The minimum atomic E-state index is 0.395. The first-order valence-electron chi connectivity index (χ1n) is 5.35. The van der Waals surface area contributed by atoms with Crippen molar-refractivity contribution in [1.82, 2.24) is 4.98 Å². The van der Waals surface area contributed by atoms with E-state index in [9.17, 15) is 0 Å². The third-order valence-corrected chi connectivity index (χ3v) is 2.48. The maximum absolute atomic E-state index is 8.94. The lowest BCUT2D eigenvalue weighted by molar-refractivity contribution is 0.668. The van der Waals surface area contributed by atoms with Gasteiger partial charge in [-0.1, -0.05) is 13.8 Å². The molecular formula is C12H17N3. The molecule has 0 spiro atoms. The van der Waals surface area contributed by atoms with Crippen LogP contribution in [0.3, 0.4) is 0 Å². The number of rotatable bonds is 4. The summed E-state index contributed by atoms with van der Waals surface area (Å²) >= 11 is 0. The molecule has 1 aromatic rings. The zero-order chi connectivity index (χ0) is 11.3. The molecule has 0 unspecified atom stereocenters. The molecule has 3 heteroatoms. The second-order valence-corrected chi connectivity index (χ2v) is 3.62. The van der Waals surface area contributed by atoms with E-state index >= 15 is 0 Å². The van der Waals surface area contributed by atoms with Crippen LogP contribution in [0.2, 0.25) is 0 Å². The van der Waals surface area contributed by atoms with Gasteiger partial charge in [0.05, 0.1) is 5.56 Å². The standard InChI is InChI=1S/C12H17N3/c1-4-11(5-2)15-12-10(8-13)7-6-9(3)14-12/h6-7,11H,4-5H2,1-3H3,(H,14,15). The van der Waals surface area contributed by atoms with Crippen molar-refractivity contribution in [3.63, 3.8) is 0 Å². The molecule has 1 N–H and O–H groups in total. The minimum absolute atomic E-state index is 0.395. The first-order valence-corrected chi connectivity index (χ1v) is 5.35. The van der Waals surface area contributed by atoms with Crippen LogP contribution in [0.4, 0.5) is 5.82 Å². The number of hydrogen-bond donors (Lipinski definition) is 1. The van der Waals surface area contributed by atoms with E-state index in [1.807, 2.05) is 19.1 Å². The van der Waals surface area contributed by atoms with E-state index in [1.54, 1.807) is 0 Å². The Balaban J connectivity index is 2.92. The summed E-state index contributed by atoms with van der Waals surface area (Å²) in [4.78, 5) is 4.35. The van der Waals surface area contributed by atoms with E-state index in [4.69, 9.17) is 5.26 Å². The van der Waals surface area contributed by atoms with E-state index < -0.39 is 0 Å². The highest BCUT2D eigenvalue weighted by atomic mass is 15.0. The molecule has 0 saturated heterocycles. The van der Waals surface area contributed by atoms with Crippen molar-refractivity contribution >= 4 is 5.82 Å². The van der Waals surface area contributed by atoms with Crippen molar-refractivity contribution in [1.29, 1.82) is 5.26 Å². The van der Waals surface area contributed by atoms with Gasteiger partial charge in [0.15, 0.2) is 0 Å². The predicted octanol–water partition coefficient (Wildman–Crippen LogP) is 2.86. The summed E-state index contributed by atoms with van der Waals surface area (Å²) in [6.45, 7) is 6.19. The van der Waals surface area contributed by atoms with Crippen molar-refractivity contribution in [3.05, 3.63) is 23.4 Å². The van der Waals surface area contributed by atoms with Gasteiger partial charge in [-0.15, -0.1) is 0 Å². The maximum atomic E-state index is 8.94. The van der Waals surface area contributed by atoms with Gasteiger partial charge in [-0.25, -0.2) is 4.98 Å². The average molecular weight is 203 g/mol. The second kappa shape index (κ2) is 5.35. The van der Waals surface area contributed by atoms with Crippen molar-refractivity contribution in [2.45, 2.75) is 39.7 Å². The maximum Gasteiger partial charge on any atom is 0.144 e. The van der Waals surface area contributed by atoms with Crippen molar-refractivity contribution in [2.24, 2.45) is 0 Å². The lowest BCUT2D eigenvalue weighted by Crippen LogP contribution is -2.18. The Kier molecular flexibility index (Phi) is 4.11. The average Bonchev–Trinajstić information content (AvgIpc) is 2.26. The first kappa shape index (κ1) is 11.5. The van der Waals surface area contributed by atoms with Crippen LogP contribution >= 0.6 is 0 Å². The lowest BCUT2D eigenvalue weighted by Gasteiger charge is -2.16. The number of aromatic nitrogens is 1. The highest BCUT2D eigenvalue weighted by Crippen LogP contribution is 2.15. The topological polar surface area (TPSA) is 48.7 Å². The van der Waals surface area contributed by atoms with Gasteiger partial charge in [-0.2, -0.15) is 5.26 Å². The Morgan fingerprint density at radius 2 is 2.07 bits per heavy atom. The molecule has 1 aromatic heterocycles. The molecule has 0 aliphatic heterocycles. The molecule has 3 nitrogen and oxygen atoms in total. The molecule has 0 amide bonds. The fraction of sp³-hybridized carbons (Fsp3) is 0.500. The van der Waals surface area contributed by atoms with Gasteiger partial charge in [0.1, 0.15) is 11.9 Å². The summed E-state index contributed by atoms with van der Waals surface area (Å²) in [5.74, 6) is 0.714. The van der Waals surface area contributed by atoms with Gasteiger partial charge < -0.3 is 5.32 Å². The Bertz CT molecular complexity index is 362. The second-order valence-electron chi connectivity index (χ2n) is 3.62. The molecule has 0 saturated carbocycles. The van der Waals surface area contributed by atoms with Gasteiger partial charge in [-0.05, 0) is 31.9 Å². The van der Waals surface area contributed by atoms with Crippen LogP contribution in [-0.4, -0.2) is 11.0 Å². The number of hydrogen-bond acceptors (Lipinski definition) is 3. The van der Waals surface area contributed by atoms with Gasteiger partial charge in [-0.3, -0.25) is 0 Å². The lowest BCUT2D eigenvalue weighted by atomic mass is 10.1. The number of nitriles is 1. The van der Waals surface area contributed by atoms with E-state index in [-0.39, 0.29) is 0 Å². The summed E-state index contributed by atoms with van der Waals surface area (Å²) < 4.78 is 0. The third-order valence-electron chi connectivity index (χ3n) is 2.48. The van der Waals surface area contributed by atoms with E-state index in [1.165, 1.54) is 0 Å². The van der Waals surface area contributed by atoms with Gasteiger partial charge >= 0.3 is 0 Å². The summed E-state index contributed by atoms with van der Waals surface area (Å²) in [6.07, 6.45) is 2.08. The summed E-state index contributed by atoms with van der Waals surface area (Å²) in [6, 6.07) is 6.22. The number of nitrogens with one attached hydrogen (secondary N) is 1. The van der Waals surface area contributed by atoms with Crippen LogP contribution in [0.1, 0.15) is 37.9 Å². The van der Waals surface area contributed by atoms with E-state index in [0.717, 1.165) is 18.5 Å². The number of aryl methyl sites for hydroxylation is 1. The Hall–Kier alpha value is -1.56. The molecule has 80 valence electrons. The quantitative estimate of drug-likeness (QED) is 0.818. The predicted molar refractivity (Wildman–Crippen MR) is 61.7 cm³/mol. The number of anilines is 1. The molecule has 0 bridgehead atoms.